The van der Waals surface area contributed by atoms with Gasteiger partial charge in [-0.2, -0.15) is 8.78 Å². The molecule has 1 N–H and O–H groups in total. The Morgan fingerprint density at radius 1 is 1.41 bits per heavy atom. The molecule has 0 aliphatic heterocycles. The second-order valence-electron chi connectivity index (χ2n) is 2.94. The van der Waals surface area contributed by atoms with Gasteiger partial charge in [0.1, 0.15) is 4.60 Å². The molecular formula is C8H6BrF4N3O. The van der Waals surface area contributed by atoms with Crippen molar-refractivity contribution in [2.45, 2.75) is 18.9 Å². The molecule has 0 aliphatic carbocycles. The molecule has 1 aromatic rings. The lowest BCUT2D eigenvalue weighted by Gasteiger charge is -2.14. The van der Waals surface area contributed by atoms with Crippen molar-refractivity contribution in [3.05, 3.63) is 22.7 Å². The molecule has 1 aromatic heterocycles. The Morgan fingerprint density at radius 2 is 2.06 bits per heavy atom. The zero-order valence-electron chi connectivity index (χ0n) is 8.13. The summed E-state index contributed by atoms with van der Waals surface area (Å²) in [6.45, 7) is -0.401. The van der Waals surface area contributed by atoms with Crippen LogP contribution in [0.25, 0.3) is 0 Å². The van der Waals surface area contributed by atoms with Crippen LogP contribution in [0.5, 0.6) is 0 Å². The van der Waals surface area contributed by atoms with Crippen LogP contribution in [0.1, 0.15) is 5.69 Å². The van der Waals surface area contributed by atoms with Gasteiger partial charge in [-0.05, 0) is 15.9 Å². The minimum Gasteiger partial charge on any atom is -0.345 e. The van der Waals surface area contributed by atoms with Gasteiger partial charge in [0.2, 0.25) is 0 Å². The smallest absolute Gasteiger partial charge is 0.345 e. The summed E-state index contributed by atoms with van der Waals surface area (Å²) < 4.78 is 49.0. The van der Waals surface area contributed by atoms with E-state index in [-0.39, 0.29) is 5.69 Å². The van der Waals surface area contributed by atoms with Crippen LogP contribution < -0.4 is 5.32 Å². The standard InChI is InChI=1S/C8H6BrF4N3O/c9-5-3-14-4(1-15-5)2-16-7(17)8(12,13)6(10)11/h1,3,6H,2H2,(H,16,17). The van der Waals surface area contributed by atoms with E-state index in [0.29, 0.717) is 4.60 Å². The fourth-order valence-corrected chi connectivity index (χ4v) is 1.02. The lowest BCUT2D eigenvalue weighted by Crippen LogP contribution is -2.44. The summed E-state index contributed by atoms with van der Waals surface area (Å²) in [6.07, 6.45) is -1.55. The summed E-state index contributed by atoms with van der Waals surface area (Å²) >= 11 is 3.00. The van der Waals surface area contributed by atoms with E-state index < -0.39 is 24.8 Å². The van der Waals surface area contributed by atoms with E-state index in [4.69, 9.17) is 0 Å². The van der Waals surface area contributed by atoms with Gasteiger partial charge in [0.05, 0.1) is 24.6 Å². The normalized spacial score (nSPS) is 11.6. The number of nitrogens with one attached hydrogen (secondary N) is 1. The molecule has 0 spiro atoms. The Morgan fingerprint density at radius 3 is 2.53 bits per heavy atom. The third-order valence-electron chi connectivity index (χ3n) is 1.68. The quantitative estimate of drug-likeness (QED) is 0.861. The average Bonchev–Trinajstić information content (AvgIpc) is 2.27. The Bertz CT molecular complexity index is 398. The third-order valence-corrected chi connectivity index (χ3v) is 2.09. The second-order valence-corrected chi connectivity index (χ2v) is 3.75. The number of halogens is 5. The molecule has 1 amide bonds. The molecule has 0 aromatic carbocycles. The van der Waals surface area contributed by atoms with E-state index >= 15 is 0 Å². The maximum Gasteiger partial charge on any atom is 0.383 e. The second kappa shape index (κ2) is 5.39. The van der Waals surface area contributed by atoms with Crippen LogP contribution in [0.15, 0.2) is 17.0 Å². The molecular weight excluding hydrogens is 310 g/mol. The Balaban J connectivity index is 2.57. The van der Waals surface area contributed by atoms with Crippen molar-refractivity contribution in [2.24, 2.45) is 0 Å². The van der Waals surface area contributed by atoms with Gasteiger partial charge < -0.3 is 5.32 Å². The van der Waals surface area contributed by atoms with E-state index in [1.165, 1.54) is 12.4 Å². The topological polar surface area (TPSA) is 54.9 Å². The van der Waals surface area contributed by atoms with E-state index in [1.54, 1.807) is 5.32 Å². The van der Waals surface area contributed by atoms with Crippen LogP contribution in [0, 0.1) is 0 Å². The highest BCUT2D eigenvalue weighted by Crippen LogP contribution is 2.22. The predicted octanol–water partition coefficient (Wildman–Crippen LogP) is 1.76. The maximum atomic E-state index is 12.5. The molecule has 0 atom stereocenters. The van der Waals surface area contributed by atoms with Crippen LogP contribution in [0.2, 0.25) is 0 Å². The van der Waals surface area contributed by atoms with Crippen LogP contribution in [-0.4, -0.2) is 28.2 Å². The number of hydrogen-bond donors (Lipinski definition) is 1. The Kier molecular flexibility index (Phi) is 4.38. The summed E-state index contributed by atoms with van der Waals surface area (Å²) in [6, 6.07) is 0. The van der Waals surface area contributed by atoms with Crippen molar-refractivity contribution < 1.29 is 22.4 Å². The SMILES string of the molecule is O=C(NCc1cnc(Br)cn1)C(F)(F)C(F)F. The Labute approximate surface area is 102 Å². The van der Waals surface area contributed by atoms with Gasteiger partial charge in [0.25, 0.3) is 5.91 Å². The number of amides is 1. The zero-order chi connectivity index (χ0) is 13.1. The van der Waals surface area contributed by atoms with Gasteiger partial charge in [0.15, 0.2) is 0 Å². The molecule has 4 nitrogen and oxygen atoms in total. The maximum absolute atomic E-state index is 12.5. The van der Waals surface area contributed by atoms with E-state index in [9.17, 15) is 22.4 Å². The van der Waals surface area contributed by atoms with E-state index in [1.807, 2.05) is 0 Å². The van der Waals surface area contributed by atoms with Crippen molar-refractivity contribution in [2.75, 3.05) is 0 Å². The summed E-state index contributed by atoms with van der Waals surface area (Å²) in [5.41, 5.74) is 0.173. The van der Waals surface area contributed by atoms with Crippen molar-refractivity contribution in [3.8, 4) is 0 Å². The van der Waals surface area contributed by atoms with Crippen LogP contribution >= 0.6 is 15.9 Å². The van der Waals surface area contributed by atoms with Crippen LogP contribution in [0.4, 0.5) is 17.6 Å². The predicted molar refractivity (Wildman–Crippen MR) is 52.5 cm³/mol. The number of aromatic nitrogens is 2. The molecule has 0 bridgehead atoms. The number of hydrogen-bond acceptors (Lipinski definition) is 3. The van der Waals surface area contributed by atoms with Crippen molar-refractivity contribution in [3.63, 3.8) is 0 Å². The van der Waals surface area contributed by atoms with Gasteiger partial charge in [-0.25, -0.2) is 13.8 Å². The first kappa shape index (κ1) is 13.8. The molecule has 0 radical (unpaired) electrons. The highest BCUT2D eigenvalue weighted by Gasteiger charge is 2.48. The lowest BCUT2D eigenvalue weighted by atomic mass is 10.3. The molecule has 1 rings (SSSR count). The minimum atomic E-state index is -4.71. The first-order valence-electron chi connectivity index (χ1n) is 4.24. The zero-order valence-corrected chi connectivity index (χ0v) is 9.72. The van der Waals surface area contributed by atoms with Gasteiger partial charge in [-0.15, -0.1) is 0 Å². The fraction of sp³-hybridized carbons (Fsp3) is 0.375. The van der Waals surface area contributed by atoms with E-state index in [0.717, 1.165) is 0 Å². The van der Waals surface area contributed by atoms with Crippen molar-refractivity contribution >= 4 is 21.8 Å². The average molecular weight is 316 g/mol. The van der Waals surface area contributed by atoms with Gasteiger partial charge in [-0.1, -0.05) is 0 Å². The summed E-state index contributed by atoms with van der Waals surface area (Å²) in [4.78, 5) is 18.2. The number of carbonyl (C=O) groups is 1. The summed E-state index contributed by atoms with van der Waals surface area (Å²) in [5, 5.41) is 1.65. The highest BCUT2D eigenvalue weighted by molar-refractivity contribution is 9.10. The molecule has 0 aliphatic rings. The molecule has 94 valence electrons. The van der Waals surface area contributed by atoms with E-state index in [2.05, 4.69) is 25.9 Å². The Hall–Kier alpha value is -1.25. The third kappa shape index (κ3) is 3.62. The highest BCUT2D eigenvalue weighted by atomic mass is 79.9. The molecule has 0 saturated carbocycles. The monoisotopic (exact) mass is 315 g/mol. The van der Waals surface area contributed by atoms with Crippen LogP contribution in [0.3, 0.4) is 0 Å². The first-order valence-corrected chi connectivity index (χ1v) is 5.04. The van der Waals surface area contributed by atoms with Gasteiger partial charge >= 0.3 is 12.3 Å². The largest absolute Gasteiger partial charge is 0.383 e. The summed E-state index contributed by atoms with van der Waals surface area (Å²) in [7, 11) is 0. The molecule has 1 heterocycles. The number of carbonyl (C=O) groups excluding carboxylic acids is 1. The fourth-order valence-electron chi connectivity index (χ4n) is 0.818. The molecule has 9 heteroatoms. The first-order chi connectivity index (χ1) is 7.84. The van der Waals surface area contributed by atoms with Crippen LogP contribution in [-0.2, 0) is 11.3 Å². The summed E-state index contributed by atoms with van der Waals surface area (Å²) in [5.74, 6) is -6.75. The van der Waals surface area contributed by atoms with Crippen molar-refractivity contribution in [1.82, 2.24) is 15.3 Å². The molecule has 0 saturated heterocycles. The molecule has 17 heavy (non-hydrogen) atoms. The number of rotatable bonds is 4. The van der Waals surface area contributed by atoms with Gasteiger partial charge in [0, 0.05) is 0 Å². The molecule has 0 fully saturated rings. The minimum absolute atomic E-state index is 0.173. The molecule has 0 unspecified atom stereocenters. The van der Waals surface area contributed by atoms with Gasteiger partial charge in [-0.3, -0.25) is 9.78 Å². The number of alkyl halides is 4. The lowest BCUT2D eigenvalue weighted by molar-refractivity contribution is -0.169. The number of nitrogens with zero attached hydrogens (tertiary/aromatic N) is 2. The van der Waals surface area contributed by atoms with Crippen molar-refractivity contribution in [1.29, 1.82) is 0 Å².